The van der Waals surface area contributed by atoms with E-state index in [-0.39, 0.29) is 5.82 Å². The van der Waals surface area contributed by atoms with E-state index >= 15 is 0 Å². The van der Waals surface area contributed by atoms with Gasteiger partial charge in [-0.05, 0) is 43.9 Å². The average molecular weight is 232 g/mol. The van der Waals surface area contributed by atoms with Crippen molar-refractivity contribution in [1.29, 1.82) is 0 Å². The van der Waals surface area contributed by atoms with E-state index in [9.17, 15) is 4.39 Å². The molecule has 4 aliphatic heterocycles. The molecule has 0 aromatic heterocycles. The number of halogens is 1. The minimum Gasteiger partial charge on any atom is -0.365 e. The van der Waals surface area contributed by atoms with E-state index < -0.39 is 0 Å². The minimum atomic E-state index is -0.116. The smallest absolute Gasteiger partial charge is 0.125 e. The molecule has 4 heterocycles. The highest BCUT2D eigenvalue weighted by molar-refractivity contribution is 5.50. The van der Waals surface area contributed by atoms with E-state index in [4.69, 9.17) is 0 Å². The Hall–Kier alpha value is -1.09. The third-order valence-electron chi connectivity index (χ3n) is 4.59. The average Bonchev–Trinajstić information content (AvgIpc) is 2.27. The summed E-state index contributed by atoms with van der Waals surface area (Å²) < 4.78 is 13.3. The Balaban J connectivity index is 1.70. The molecule has 1 aromatic rings. The summed E-state index contributed by atoms with van der Waals surface area (Å²) in [5, 5.41) is 3.70. The summed E-state index contributed by atoms with van der Waals surface area (Å²) in [6.45, 7) is 0. The third-order valence-corrected chi connectivity index (χ3v) is 4.59. The van der Waals surface area contributed by atoms with Gasteiger partial charge in [0.2, 0.25) is 0 Å². The van der Waals surface area contributed by atoms with Crippen molar-refractivity contribution in [3.63, 3.8) is 0 Å². The molecule has 2 nitrogen and oxygen atoms in total. The van der Waals surface area contributed by atoms with E-state index in [0.29, 0.717) is 24.2 Å². The van der Waals surface area contributed by atoms with Crippen molar-refractivity contribution in [2.75, 3.05) is 4.90 Å². The van der Waals surface area contributed by atoms with Crippen LogP contribution in [0.5, 0.6) is 0 Å². The van der Waals surface area contributed by atoms with Gasteiger partial charge in [-0.15, -0.1) is 0 Å². The summed E-state index contributed by atoms with van der Waals surface area (Å²) in [6, 6.07) is 9.77. The van der Waals surface area contributed by atoms with Crippen LogP contribution in [0.25, 0.3) is 0 Å². The molecule has 4 saturated heterocycles. The van der Waals surface area contributed by atoms with Crippen LogP contribution in [0.1, 0.15) is 25.7 Å². The van der Waals surface area contributed by atoms with Gasteiger partial charge in [0.1, 0.15) is 5.82 Å². The summed E-state index contributed by atoms with van der Waals surface area (Å²) in [7, 11) is 0. The van der Waals surface area contributed by atoms with E-state index in [0.717, 1.165) is 5.69 Å². The van der Waals surface area contributed by atoms with Crippen LogP contribution in [0, 0.1) is 5.82 Å². The summed E-state index contributed by atoms with van der Waals surface area (Å²) in [5.74, 6) is -0.116. The van der Waals surface area contributed by atoms with Gasteiger partial charge in [-0.2, -0.15) is 0 Å². The second-order valence-electron chi connectivity index (χ2n) is 5.70. The molecule has 4 bridgehead atoms. The molecular weight excluding hydrogens is 215 g/mol. The molecule has 4 aliphatic rings. The lowest BCUT2D eigenvalue weighted by molar-refractivity contribution is 0.135. The molecule has 0 saturated carbocycles. The van der Waals surface area contributed by atoms with Crippen molar-refractivity contribution in [2.24, 2.45) is 0 Å². The molecule has 3 heteroatoms. The maximum Gasteiger partial charge on any atom is 0.125 e. The zero-order chi connectivity index (χ0) is 11.4. The topological polar surface area (TPSA) is 15.3 Å². The predicted octanol–water partition coefficient (Wildman–Crippen LogP) is 2.30. The SMILES string of the molecule is Fc1cccc(N2C3CC4CC2CC(C3)N4)c1. The van der Waals surface area contributed by atoms with Crippen molar-refractivity contribution >= 4 is 5.69 Å². The fourth-order valence-corrected chi connectivity index (χ4v) is 4.11. The number of benzene rings is 1. The Morgan fingerprint density at radius 2 is 1.71 bits per heavy atom. The van der Waals surface area contributed by atoms with Gasteiger partial charge in [-0.25, -0.2) is 4.39 Å². The number of anilines is 1. The van der Waals surface area contributed by atoms with Gasteiger partial charge < -0.3 is 10.2 Å². The molecule has 90 valence electrons. The number of rotatable bonds is 1. The fraction of sp³-hybridized carbons (Fsp3) is 0.571. The van der Waals surface area contributed by atoms with Gasteiger partial charge in [0.25, 0.3) is 0 Å². The summed E-state index contributed by atoms with van der Waals surface area (Å²) in [5.41, 5.74) is 1.08. The van der Waals surface area contributed by atoms with E-state index in [2.05, 4.69) is 16.3 Å². The molecule has 0 spiro atoms. The number of hydrogen-bond donors (Lipinski definition) is 1. The standard InChI is InChI=1S/C14H17FN2/c15-9-2-1-3-12(4-9)17-13-5-10-6-14(17)8-11(7-13)16-10/h1-4,10-11,13-14,16H,5-8H2. The molecule has 0 aliphatic carbocycles. The van der Waals surface area contributed by atoms with E-state index in [1.807, 2.05) is 6.07 Å². The predicted molar refractivity (Wildman–Crippen MR) is 65.6 cm³/mol. The van der Waals surface area contributed by atoms with Gasteiger partial charge >= 0.3 is 0 Å². The number of nitrogens with one attached hydrogen (secondary N) is 1. The second kappa shape index (κ2) is 3.45. The molecule has 1 aromatic carbocycles. The first-order valence-electron chi connectivity index (χ1n) is 6.59. The van der Waals surface area contributed by atoms with Crippen LogP contribution in [-0.4, -0.2) is 24.2 Å². The molecule has 1 N–H and O–H groups in total. The Morgan fingerprint density at radius 1 is 1.06 bits per heavy atom. The monoisotopic (exact) mass is 232 g/mol. The van der Waals surface area contributed by atoms with Gasteiger partial charge in [0.05, 0.1) is 0 Å². The molecule has 0 amide bonds. The van der Waals surface area contributed by atoms with E-state index in [1.165, 1.54) is 31.7 Å². The van der Waals surface area contributed by atoms with E-state index in [1.54, 1.807) is 6.07 Å². The summed E-state index contributed by atoms with van der Waals surface area (Å²) in [6.07, 6.45) is 4.90. The Kier molecular flexibility index (Phi) is 2.01. The second-order valence-corrected chi connectivity index (χ2v) is 5.70. The van der Waals surface area contributed by atoms with Crippen LogP contribution in [0.4, 0.5) is 10.1 Å². The molecule has 17 heavy (non-hydrogen) atoms. The molecule has 0 unspecified atom stereocenters. The Morgan fingerprint density at radius 3 is 2.29 bits per heavy atom. The van der Waals surface area contributed by atoms with Crippen molar-refractivity contribution in [3.05, 3.63) is 30.1 Å². The van der Waals surface area contributed by atoms with Gasteiger partial charge in [-0.3, -0.25) is 0 Å². The number of nitrogens with zero attached hydrogens (tertiary/aromatic N) is 1. The maximum absolute atomic E-state index is 13.3. The maximum atomic E-state index is 13.3. The van der Waals surface area contributed by atoms with Crippen molar-refractivity contribution in [3.8, 4) is 0 Å². The first-order valence-corrected chi connectivity index (χ1v) is 6.59. The van der Waals surface area contributed by atoms with Crippen LogP contribution >= 0.6 is 0 Å². The highest BCUT2D eigenvalue weighted by atomic mass is 19.1. The minimum absolute atomic E-state index is 0.116. The normalized spacial score (nSPS) is 38.8. The van der Waals surface area contributed by atoms with Crippen LogP contribution in [-0.2, 0) is 0 Å². The molecule has 4 fully saturated rings. The van der Waals surface area contributed by atoms with Crippen molar-refractivity contribution < 1.29 is 4.39 Å². The lowest BCUT2D eigenvalue weighted by Crippen LogP contribution is -2.67. The number of piperidine rings is 4. The zero-order valence-corrected chi connectivity index (χ0v) is 9.77. The van der Waals surface area contributed by atoms with Crippen molar-refractivity contribution in [1.82, 2.24) is 5.32 Å². The van der Waals surface area contributed by atoms with Crippen molar-refractivity contribution in [2.45, 2.75) is 49.9 Å². The Labute approximate surface area is 101 Å². The summed E-state index contributed by atoms with van der Waals surface area (Å²) >= 11 is 0. The van der Waals surface area contributed by atoms with Crippen LogP contribution in [0.2, 0.25) is 0 Å². The molecule has 0 atom stereocenters. The van der Waals surface area contributed by atoms with Gasteiger partial charge in [0, 0.05) is 29.9 Å². The first kappa shape index (κ1) is 9.89. The molecule has 5 rings (SSSR count). The van der Waals surface area contributed by atoms with Crippen LogP contribution in [0.15, 0.2) is 24.3 Å². The lowest BCUT2D eigenvalue weighted by Gasteiger charge is -2.58. The van der Waals surface area contributed by atoms with Gasteiger partial charge in [-0.1, -0.05) is 6.07 Å². The summed E-state index contributed by atoms with van der Waals surface area (Å²) in [4.78, 5) is 2.48. The zero-order valence-electron chi connectivity index (χ0n) is 9.77. The quantitative estimate of drug-likeness (QED) is 0.799. The fourth-order valence-electron chi connectivity index (χ4n) is 4.11. The third kappa shape index (κ3) is 1.48. The van der Waals surface area contributed by atoms with Crippen LogP contribution in [0.3, 0.4) is 0 Å². The molecular formula is C14H17FN2. The lowest BCUT2D eigenvalue weighted by atomic mass is 9.74. The number of hydrogen-bond acceptors (Lipinski definition) is 2. The van der Waals surface area contributed by atoms with Crippen LogP contribution < -0.4 is 10.2 Å². The van der Waals surface area contributed by atoms with Gasteiger partial charge in [0.15, 0.2) is 0 Å². The largest absolute Gasteiger partial charge is 0.365 e. The molecule has 0 radical (unpaired) electrons. The first-order chi connectivity index (χ1) is 8.29. The highest BCUT2D eigenvalue weighted by Crippen LogP contribution is 2.41. The highest BCUT2D eigenvalue weighted by Gasteiger charge is 2.46. The Bertz CT molecular complexity index is 418.